The van der Waals surface area contributed by atoms with E-state index in [1.165, 1.54) is 22.9 Å². The summed E-state index contributed by atoms with van der Waals surface area (Å²) in [6, 6.07) is 12.6. The van der Waals surface area contributed by atoms with E-state index < -0.39 is 6.09 Å². The highest BCUT2D eigenvalue weighted by Crippen LogP contribution is 2.40. The Morgan fingerprint density at radius 3 is 2.69 bits per heavy atom. The normalized spacial score (nSPS) is 12.8. The van der Waals surface area contributed by atoms with Gasteiger partial charge in [-0.2, -0.15) is 0 Å². The van der Waals surface area contributed by atoms with Crippen LogP contribution in [0.1, 0.15) is 16.1 Å². The number of fused-ring (bicyclic) bond motifs is 1. The van der Waals surface area contributed by atoms with Crippen LogP contribution in [-0.2, 0) is 16.1 Å². The Balaban J connectivity index is 1.91. The van der Waals surface area contributed by atoms with Crippen LogP contribution in [0, 0.1) is 0 Å². The van der Waals surface area contributed by atoms with Crippen molar-refractivity contribution in [3.05, 3.63) is 59.9 Å². The van der Waals surface area contributed by atoms with Crippen molar-refractivity contribution in [2.75, 3.05) is 29.8 Å². The first-order valence-corrected chi connectivity index (χ1v) is 9.61. The third kappa shape index (κ3) is 3.61. The lowest BCUT2D eigenvalue weighted by Crippen LogP contribution is -2.40. The van der Waals surface area contributed by atoms with Crippen LogP contribution >= 0.6 is 0 Å². The maximum Gasteiger partial charge on any atom is 0.410 e. The first-order chi connectivity index (χ1) is 15.4. The van der Waals surface area contributed by atoms with Crippen molar-refractivity contribution >= 4 is 35.5 Å². The molecule has 164 valence electrons. The molecule has 3 aromatic rings. The number of nitrogens with one attached hydrogen (secondary N) is 1. The second-order valence-corrected chi connectivity index (χ2v) is 7.07. The van der Waals surface area contributed by atoms with Crippen molar-refractivity contribution < 1.29 is 19.1 Å². The van der Waals surface area contributed by atoms with E-state index in [1.54, 1.807) is 12.1 Å². The molecule has 11 nitrogen and oxygen atoms in total. The average Bonchev–Trinajstić information content (AvgIpc) is 3.10. The summed E-state index contributed by atoms with van der Waals surface area (Å²) in [5, 5.41) is 4.11. The Kier molecular flexibility index (Phi) is 5.48. The van der Waals surface area contributed by atoms with Gasteiger partial charge >= 0.3 is 6.09 Å². The summed E-state index contributed by atoms with van der Waals surface area (Å²) in [4.78, 5) is 41.6. The summed E-state index contributed by atoms with van der Waals surface area (Å²) < 4.78 is 6.13. The van der Waals surface area contributed by atoms with Gasteiger partial charge in [0.15, 0.2) is 5.78 Å². The molecule has 0 fully saturated rings. The lowest BCUT2D eigenvalue weighted by Gasteiger charge is -2.25. The Morgan fingerprint density at radius 2 is 2.00 bits per heavy atom. The van der Waals surface area contributed by atoms with Gasteiger partial charge in [0.05, 0.1) is 42.8 Å². The molecule has 2 aromatic heterocycles. The fraction of sp³-hybridized carbons (Fsp3) is 0.143. The number of pyridine rings is 1. The molecule has 0 spiro atoms. The number of amides is 2. The van der Waals surface area contributed by atoms with Crippen molar-refractivity contribution in [2.24, 2.45) is 5.84 Å². The topological polar surface area (TPSA) is 149 Å². The second-order valence-electron chi connectivity index (χ2n) is 7.07. The zero-order valence-corrected chi connectivity index (χ0v) is 17.2. The molecular formula is C21H21N7O4. The van der Waals surface area contributed by atoms with Gasteiger partial charge in [-0.05, 0) is 24.3 Å². The molecule has 0 aliphatic carbocycles. The summed E-state index contributed by atoms with van der Waals surface area (Å²) in [6.45, 7) is -0.0566. The Hall–Kier alpha value is -4.38. The van der Waals surface area contributed by atoms with E-state index in [9.17, 15) is 14.4 Å². The van der Waals surface area contributed by atoms with Gasteiger partial charge in [-0.1, -0.05) is 18.2 Å². The highest BCUT2D eigenvalue weighted by atomic mass is 16.5. The zero-order valence-electron chi connectivity index (χ0n) is 17.2. The number of nitrogen functional groups attached to an aromatic ring is 1. The molecule has 0 saturated carbocycles. The Labute approximate surface area is 183 Å². The minimum absolute atomic E-state index is 0.0863. The summed E-state index contributed by atoms with van der Waals surface area (Å²) >= 11 is 0. The highest BCUT2D eigenvalue weighted by molar-refractivity contribution is 6.09. The monoisotopic (exact) mass is 435 g/mol. The van der Waals surface area contributed by atoms with E-state index in [1.807, 2.05) is 30.3 Å². The number of anilines is 3. The third-order valence-electron chi connectivity index (χ3n) is 5.13. The maximum absolute atomic E-state index is 13.1. The predicted octanol–water partition coefficient (Wildman–Crippen LogP) is 1.61. The summed E-state index contributed by atoms with van der Waals surface area (Å²) in [7, 11) is 1.25. The molecule has 3 heterocycles. The smallest absolute Gasteiger partial charge is 0.410 e. The molecule has 0 saturated heterocycles. The minimum Gasteiger partial charge on any atom is -0.453 e. The number of hydrogen-bond acceptors (Lipinski definition) is 8. The number of ketones is 1. The molecule has 11 heteroatoms. The first kappa shape index (κ1) is 20.9. The number of nitrogens with zero attached hydrogens (tertiary/aromatic N) is 4. The van der Waals surface area contributed by atoms with E-state index in [-0.39, 0.29) is 24.7 Å². The van der Waals surface area contributed by atoms with Crippen LogP contribution in [0.3, 0.4) is 0 Å². The molecule has 0 atom stereocenters. The fourth-order valence-electron chi connectivity index (χ4n) is 3.67. The molecule has 1 aliphatic rings. The molecule has 32 heavy (non-hydrogen) atoms. The van der Waals surface area contributed by atoms with Crippen molar-refractivity contribution in [1.82, 2.24) is 14.6 Å². The number of para-hydroxylation sites is 1. The Morgan fingerprint density at radius 1 is 1.25 bits per heavy atom. The van der Waals surface area contributed by atoms with Crippen LogP contribution in [-0.4, -0.2) is 46.5 Å². The molecule has 0 radical (unpaired) electrons. The number of carbonyl (C=O) groups excluding carboxylic acids is 3. The number of hydrazine groups is 1. The number of benzene rings is 1. The second kappa shape index (κ2) is 8.40. The molecule has 4 rings (SSSR count). The van der Waals surface area contributed by atoms with E-state index >= 15 is 0 Å². The molecule has 0 unspecified atom stereocenters. The van der Waals surface area contributed by atoms with Gasteiger partial charge in [-0.15, -0.1) is 0 Å². The molecule has 2 amide bonds. The van der Waals surface area contributed by atoms with Gasteiger partial charge in [-0.3, -0.25) is 19.2 Å². The van der Waals surface area contributed by atoms with Gasteiger partial charge in [0.2, 0.25) is 6.41 Å². The minimum atomic E-state index is -0.625. The Bertz CT molecular complexity index is 1190. The molecule has 5 N–H and O–H groups in total. The van der Waals surface area contributed by atoms with Crippen molar-refractivity contribution in [3.8, 4) is 11.3 Å². The highest BCUT2D eigenvalue weighted by Gasteiger charge is 2.35. The van der Waals surface area contributed by atoms with E-state index in [4.69, 9.17) is 16.4 Å². The standard InChI is InChI=1S/C21H21N7O4/c1-32-21(31)26-10-15-18(16(30)11-26)19(25-14-5-3-2-4-6-14)20(28(15)23)13-7-8-24-17(9-13)27(22)12-29/h2-9,12,25H,10-11,22-23H2,1H3. The van der Waals surface area contributed by atoms with Gasteiger partial charge in [0.25, 0.3) is 0 Å². The summed E-state index contributed by atoms with van der Waals surface area (Å²) in [5.41, 5.74) is 3.09. The van der Waals surface area contributed by atoms with Crippen molar-refractivity contribution in [1.29, 1.82) is 0 Å². The molecule has 0 bridgehead atoms. The fourth-order valence-corrected chi connectivity index (χ4v) is 3.67. The number of Topliss-reactive ketones (excluding diaryl/α,β-unsaturated/α-hetero) is 1. The van der Waals surface area contributed by atoms with Crippen LogP contribution in [0.25, 0.3) is 11.3 Å². The summed E-state index contributed by atoms with van der Waals surface area (Å²) in [5.74, 6) is 12.0. The lowest BCUT2D eigenvalue weighted by atomic mass is 10.0. The van der Waals surface area contributed by atoms with Crippen molar-refractivity contribution in [2.45, 2.75) is 6.54 Å². The van der Waals surface area contributed by atoms with Gasteiger partial charge in [-0.25, -0.2) is 20.6 Å². The number of rotatable bonds is 5. The van der Waals surface area contributed by atoms with E-state index in [0.717, 1.165) is 10.7 Å². The number of methoxy groups -OCH3 is 1. The van der Waals surface area contributed by atoms with Gasteiger partial charge < -0.3 is 15.9 Å². The molecular weight excluding hydrogens is 414 g/mol. The number of ether oxygens (including phenoxy) is 1. The largest absolute Gasteiger partial charge is 0.453 e. The van der Waals surface area contributed by atoms with Crippen molar-refractivity contribution in [3.63, 3.8) is 0 Å². The quantitative estimate of drug-likeness (QED) is 0.237. The SMILES string of the molecule is COC(=O)N1CC(=O)c2c(Nc3ccccc3)c(-c3ccnc(N(N)C=O)c3)n(N)c2C1. The van der Waals surface area contributed by atoms with Crippen LogP contribution in [0.5, 0.6) is 0 Å². The maximum atomic E-state index is 13.1. The van der Waals surface area contributed by atoms with Gasteiger partial charge in [0, 0.05) is 17.4 Å². The molecule has 1 aromatic carbocycles. The zero-order chi connectivity index (χ0) is 22.8. The third-order valence-corrected chi connectivity index (χ3v) is 5.13. The van der Waals surface area contributed by atoms with Crippen LogP contribution in [0.15, 0.2) is 48.7 Å². The predicted molar refractivity (Wildman–Crippen MR) is 117 cm³/mol. The van der Waals surface area contributed by atoms with Crippen LogP contribution in [0.4, 0.5) is 22.0 Å². The van der Waals surface area contributed by atoms with Crippen LogP contribution in [0.2, 0.25) is 0 Å². The number of nitrogens with two attached hydrogens (primary N) is 2. The van der Waals surface area contributed by atoms with Gasteiger partial charge in [0.1, 0.15) is 5.82 Å². The number of carbonyl (C=O) groups is 3. The first-order valence-electron chi connectivity index (χ1n) is 9.61. The van der Waals surface area contributed by atoms with E-state index in [2.05, 4.69) is 10.3 Å². The van der Waals surface area contributed by atoms with E-state index in [0.29, 0.717) is 34.6 Å². The number of hydrogen-bond donors (Lipinski definition) is 3. The molecule has 1 aliphatic heterocycles. The average molecular weight is 435 g/mol. The number of aromatic nitrogens is 2. The summed E-state index contributed by atoms with van der Waals surface area (Å²) in [6.07, 6.45) is 1.29. The lowest BCUT2D eigenvalue weighted by molar-refractivity contribution is -0.107. The van der Waals surface area contributed by atoms with Crippen LogP contribution < -0.4 is 22.0 Å².